The molecule has 0 radical (unpaired) electrons. The summed E-state index contributed by atoms with van der Waals surface area (Å²) in [6, 6.07) is 7.70. The van der Waals surface area contributed by atoms with E-state index in [2.05, 4.69) is 49.8 Å². The third-order valence-electron chi connectivity index (χ3n) is 7.02. The lowest BCUT2D eigenvalue weighted by molar-refractivity contribution is 0.332. The first-order valence-corrected chi connectivity index (χ1v) is 11.0. The first kappa shape index (κ1) is 22.2. The maximum atomic E-state index is 15.9. The highest BCUT2D eigenvalue weighted by Gasteiger charge is 2.38. The minimum atomic E-state index is -0.526. The van der Waals surface area contributed by atoms with E-state index in [0.717, 1.165) is 24.0 Å². The number of ether oxygens (including phenoxy) is 1. The van der Waals surface area contributed by atoms with Crippen LogP contribution in [0.25, 0.3) is 11.1 Å². The predicted molar refractivity (Wildman–Crippen MR) is 124 cm³/mol. The van der Waals surface area contributed by atoms with Gasteiger partial charge in [0, 0.05) is 6.42 Å². The van der Waals surface area contributed by atoms with Crippen molar-refractivity contribution in [2.45, 2.75) is 64.7 Å². The van der Waals surface area contributed by atoms with E-state index in [1.54, 1.807) is 12.1 Å². The number of halogens is 1. The van der Waals surface area contributed by atoms with Crippen molar-refractivity contribution in [3.05, 3.63) is 68.5 Å². The van der Waals surface area contributed by atoms with Crippen molar-refractivity contribution in [1.82, 2.24) is 9.97 Å². The second-order valence-corrected chi connectivity index (χ2v) is 10.2. The first-order valence-electron chi connectivity index (χ1n) is 11.0. The molecule has 0 unspecified atom stereocenters. The van der Waals surface area contributed by atoms with Gasteiger partial charge < -0.3 is 14.8 Å². The lowest BCUT2D eigenvalue weighted by atomic mass is 9.62. The van der Waals surface area contributed by atoms with Gasteiger partial charge in [-0.25, -0.2) is 9.18 Å². The van der Waals surface area contributed by atoms with E-state index in [1.165, 1.54) is 18.2 Å². The molecule has 0 spiro atoms. The minimum Gasteiger partial charge on any atom is -0.496 e. The third kappa shape index (κ3) is 3.61. The molecular formula is C26H31FN2O3. The Labute approximate surface area is 187 Å². The Morgan fingerprint density at radius 1 is 1.06 bits per heavy atom. The zero-order valence-corrected chi connectivity index (χ0v) is 19.6. The van der Waals surface area contributed by atoms with Gasteiger partial charge in [0.1, 0.15) is 11.6 Å². The number of hydrogen-bond acceptors (Lipinski definition) is 3. The van der Waals surface area contributed by atoms with Crippen LogP contribution < -0.4 is 10.4 Å². The summed E-state index contributed by atoms with van der Waals surface area (Å²) in [4.78, 5) is 16.3. The number of aromatic nitrogens is 2. The van der Waals surface area contributed by atoms with Crippen molar-refractivity contribution in [3.8, 4) is 22.8 Å². The largest absolute Gasteiger partial charge is 0.496 e. The maximum absolute atomic E-state index is 15.9. The second-order valence-electron chi connectivity index (χ2n) is 10.2. The minimum absolute atomic E-state index is 0.00890. The SMILES string of the molecule is COc1ccc(Cc2[nH]c(=O)[nH]c2O)c(F)c1-c1cc2c(cc1C)C(C)(C)CCC2(C)C. The van der Waals surface area contributed by atoms with Crippen LogP contribution in [0.2, 0.25) is 0 Å². The van der Waals surface area contributed by atoms with Gasteiger partial charge in [0.15, 0.2) is 0 Å². The number of methoxy groups -OCH3 is 1. The summed E-state index contributed by atoms with van der Waals surface area (Å²) in [5, 5.41) is 9.92. The molecule has 2 aromatic carbocycles. The molecule has 0 saturated carbocycles. The molecule has 5 nitrogen and oxygen atoms in total. The molecule has 4 rings (SSSR count). The molecule has 0 saturated heterocycles. The van der Waals surface area contributed by atoms with Crippen LogP contribution in [0.1, 0.15) is 68.5 Å². The van der Waals surface area contributed by atoms with Gasteiger partial charge in [0.25, 0.3) is 0 Å². The Morgan fingerprint density at radius 3 is 2.25 bits per heavy atom. The predicted octanol–water partition coefficient (Wildman–Crippen LogP) is 5.47. The highest BCUT2D eigenvalue weighted by molar-refractivity contribution is 5.76. The number of aromatic amines is 2. The Bertz CT molecular complexity index is 1250. The number of nitrogens with one attached hydrogen (secondary N) is 2. The van der Waals surface area contributed by atoms with Crippen molar-refractivity contribution in [3.63, 3.8) is 0 Å². The third-order valence-corrected chi connectivity index (χ3v) is 7.02. The van der Waals surface area contributed by atoms with Crippen LogP contribution in [-0.2, 0) is 17.3 Å². The summed E-state index contributed by atoms with van der Waals surface area (Å²) >= 11 is 0. The smallest absolute Gasteiger partial charge is 0.325 e. The average Bonchev–Trinajstić information content (AvgIpc) is 3.04. The highest BCUT2D eigenvalue weighted by Crippen LogP contribution is 2.48. The van der Waals surface area contributed by atoms with Gasteiger partial charge in [-0.1, -0.05) is 39.8 Å². The molecule has 1 aliphatic rings. The molecular weight excluding hydrogens is 407 g/mol. The molecule has 1 aromatic heterocycles. The molecule has 0 bridgehead atoms. The number of aryl methyl sites for hydroxylation is 1. The Balaban J connectivity index is 1.91. The summed E-state index contributed by atoms with van der Waals surface area (Å²) in [6.07, 6.45) is 2.22. The molecule has 3 aromatic rings. The standard InChI is InChI=1S/C26H31FN2O3/c1-14-11-17-18(26(4,5)10-9-25(17,2)3)13-16(14)21-20(32-6)8-7-15(22(21)27)12-19-23(30)29-24(31)28-19/h7-8,11,13,30H,9-10,12H2,1-6H3,(H2,28,29,31). The number of rotatable bonds is 4. The molecule has 0 amide bonds. The number of aromatic hydroxyl groups is 1. The fourth-order valence-electron chi connectivity index (χ4n) is 4.88. The number of imidazole rings is 1. The van der Waals surface area contributed by atoms with Gasteiger partial charge in [-0.15, -0.1) is 0 Å². The summed E-state index contributed by atoms with van der Waals surface area (Å²) in [7, 11) is 1.54. The average molecular weight is 439 g/mol. The van der Waals surface area contributed by atoms with Gasteiger partial charge in [-0.3, -0.25) is 4.98 Å². The fraction of sp³-hybridized carbons (Fsp3) is 0.423. The molecule has 1 heterocycles. The summed E-state index contributed by atoms with van der Waals surface area (Å²) in [6.45, 7) is 11.0. The monoisotopic (exact) mass is 438 g/mol. The molecule has 6 heteroatoms. The summed E-state index contributed by atoms with van der Waals surface area (Å²) in [5.74, 6) is -0.239. The Morgan fingerprint density at radius 2 is 1.69 bits per heavy atom. The van der Waals surface area contributed by atoms with Crippen LogP contribution >= 0.6 is 0 Å². The Hall–Kier alpha value is -3.02. The first-order chi connectivity index (χ1) is 14.9. The van der Waals surface area contributed by atoms with Crippen molar-refractivity contribution in [2.24, 2.45) is 0 Å². The van der Waals surface area contributed by atoms with E-state index in [0.29, 0.717) is 16.9 Å². The molecule has 170 valence electrons. The van der Waals surface area contributed by atoms with Gasteiger partial charge in [0.2, 0.25) is 5.88 Å². The van der Waals surface area contributed by atoms with E-state index in [1.807, 2.05) is 6.92 Å². The number of benzene rings is 2. The fourth-order valence-corrected chi connectivity index (χ4v) is 4.88. The molecule has 0 atom stereocenters. The molecule has 0 aliphatic heterocycles. The van der Waals surface area contributed by atoms with Gasteiger partial charge in [0.05, 0.1) is 18.4 Å². The summed E-state index contributed by atoms with van der Waals surface area (Å²) < 4.78 is 21.5. The number of hydrogen-bond donors (Lipinski definition) is 3. The van der Waals surface area contributed by atoms with E-state index < -0.39 is 11.5 Å². The lowest BCUT2D eigenvalue weighted by Crippen LogP contribution is -2.34. The van der Waals surface area contributed by atoms with Crippen LogP contribution in [0.3, 0.4) is 0 Å². The maximum Gasteiger partial charge on any atom is 0.325 e. The lowest BCUT2D eigenvalue weighted by Gasteiger charge is -2.42. The van der Waals surface area contributed by atoms with E-state index in [4.69, 9.17) is 4.74 Å². The van der Waals surface area contributed by atoms with Crippen molar-refractivity contribution in [1.29, 1.82) is 0 Å². The highest BCUT2D eigenvalue weighted by atomic mass is 19.1. The van der Waals surface area contributed by atoms with Gasteiger partial charge in [-0.05, 0) is 70.5 Å². The van der Waals surface area contributed by atoms with Crippen LogP contribution in [0.5, 0.6) is 11.6 Å². The van der Waals surface area contributed by atoms with Crippen LogP contribution in [0.4, 0.5) is 4.39 Å². The quantitative estimate of drug-likeness (QED) is 0.505. The number of fused-ring (bicyclic) bond motifs is 1. The van der Waals surface area contributed by atoms with E-state index >= 15 is 4.39 Å². The normalized spacial score (nSPS) is 16.6. The van der Waals surface area contributed by atoms with Gasteiger partial charge in [-0.2, -0.15) is 0 Å². The second kappa shape index (κ2) is 7.54. The molecule has 1 aliphatic carbocycles. The molecule has 0 fully saturated rings. The zero-order chi connectivity index (χ0) is 23.4. The number of H-pyrrole nitrogens is 2. The van der Waals surface area contributed by atoms with E-state index in [-0.39, 0.29) is 28.8 Å². The van der Waals surface area contributed by atoms with Crippen LogP contribution in [0, 0.1) is 12.7 Å². The molecule has 3 N–H and O–H groups in total. The van der Waals surface area contributed by atoms with Crippen molar-refractivity contribution < 1.29 is 14.2 Å². The van der Waals surface area contributed by atoms with E-state index in [9.17, 15) is 9.90 Å². The Kier molecular flexibility index (Phi) is 5.23. The van der Waals surface area contributed by atoms with Crippen molar-refractivity contribution in [2.75, 3.05) is 7.11 Å². The zero-order valence-electron chi connectivity index (χ0n) is 19.6. The summed E-state index contributed by atoms with van der Waals surface area (Å²) in [5.41, 5.74) is 4.90. The van der Waals surface area contributed by atoms with Gasteiger partial charge >= 0.3 is 5.69 Å². The van der Waals surface area contributed by atoms with Crippen molar-refractivity contribution >= 4 is 0 Å². The van der Waals surface area contributed by atoms with Crippen LogP contribution in [-0.4, -0.2) is 22.2 Å². The molecule has 32 heavy (non-hydrogen) atoms. The van der Waals surface area contributed by atoms with Crippen LogP contribution in [0.15, 0.2) is 29.1 Å². The topological polar surface area (TPSA) is 78.1 Å².